The van der Waals surface area contributed by atoms with Gasteiger partial charge in [0.05, 0.1) is 11.7 Å². The Bertz CT molecular complexity index is 383. The zero-order valence-electron chi connectivity index (χ0n) is 13.2. The zero-order valence-corrected chi connectivity index (χ0v) is 13.2. The second kappa shape index (κ2) is 4.99. The molecule has 1 N–H and O–H groups in total. The van der Waals surface area contributed by atoms with E-state index in [4.69, 9.17) is 0 Å². The third kappa shape index (κ3) is 2.17. The molecule has 4 nitrogen and oxygen atoms in total. The minimum Gasteiger partial charge on any atom is -0.324 e. The third-order valence-electron chi connectivity index (χ3n) is 5.75. The molecule has 1 unspecified atom stereocenters. The van der Waals surface area contributed by atoms with Gasteiger partial charge in [0.15, 0.2) is 0 Å². The topological polar surface area (TPSA) is 35.6 Å². The van der Waals surface area contributed by atoms with Gasteiger partial charge in [0, 0.05) is 12.1 Å². The van der Waals surface area contributed by atoms with Crippen LogP contribution in [0.5, 0.6) is 0 Å². The minimum absolute atomic E-state index is 0.161. The highest BCUT2D eigenvalue weighted by atomic mass is 16.2. The first-order valence-electron chi connectivity index (χ1n) is 8.29. The van der Waals surface area contributed by atoms with E-state index in [1.165, 1.54) is 25.7 Å². The summed E-state index contributed by atoms with van der Waals surface area (Å²) in [6.45, 7) is 3.12. The zero-order chi connectivity index (χ0) is 14.4. The summed E-state index contributed by atoms with van der Waals surface area (Å²) >= 11 is 0. The Hall–Kier alpha value is -0.610. The number of amides is 1. The van der Waals surface area contributed by atoms with Gasteiger partial charge in [-0.15, -0.1) is 0 Å². The van der Waals surface area contributed by atoms with Crippen LogP contribution in [0.4, 0.5) is 0 Å². The number of nitrogens with zero attached hydrogens (tertiary/aromatic N) is 2. The van der Waals surface area contributed by atoms with Crippen LogP contribution in [-0.2, 0) is 4.79 Å². The predicted molar refractivity (Wildman–Crippen MR) is 80.4 cm³/mol. The van der Waals surface area contributed by atoms with E-state index >= 15 is 0 Å². The molecule has 1 saturated heterocycles. The highest BCUT2D eigenvalue weighted by Crippen LogP contribution is 2.44. The summed E-state index contributed by atoms with van der Waals surface area (Å²) in [6.07, 6.45) is 9.63. The van der Waals surface area contributed by atoms with Gasteiger partial charge in [0.2, 0.25) is 5.91 Å². The van der Waals surface area contributed by atoms with Crippen molar-refractivity contribution in [3.05, 3.63) is 0 Å². The number of hydrogen-bond acceptors (Lipinski definition) is 3. The van der Waals surface area contributed by atoms with Crippen molar-refractivity contribution in [2.24, 2.45) is 0 Å². The molecule has 3 rings (SSSR count). The average molecular weight is 279 g/mol. The van der Waals surface area contributed by atoms with Gasteiger partial charge in [-0.3, -0.25) is 10.1 Å². The largest absolute Gasteiger partial charge is 0.324 e. The molecule has 1 spiro atoms. The molecule has 1 aliphatic heterocycles. The summed E-state index contributed by atoms with van der Waals surface area (Å²) in [4.78, 5) is 17.3. The maximum atomic E-state index is 12.8. The van der Waals surface area contributed by atoms with Crippen molar-refractivity contribution >= 4 is 5.91 Å². The van der Waals surface area contributed by atoms with Crippen LogP contribution in [0.15, 0.2) is 0 Å². The molecule has 0 aromatic heterocycles. The van der Waals surface area contributed by atoms with Crippen molar-refractivity contribution in [1.29, 1.82) is 0 Å². The molecule has 3 fully saturated rings. The lowest BCUT2D eigenvalue weighted by molar-refractivity contribution is -0.132. The van der Waals surface area contributed by atoms with E-state index in [2.05, 4.69) is 36.1 Å². The van der Waals surface area contributed by atoms with Crippen LogP contribution in [0.1, 0.15) is 58.3 Å². The summed E-state index contributed by atoms with van der Waals surface area (Å²) in [6, 6.07) is 0. The van der Waals surface area contributed by atoms with Crippen molar-refractivity contribution in [1.82, 2.24) is 15.1 Å². The average Bonchev–Trinajstić information content (AvgIpc) is 2.95. The number of nitrogens with one attached hydrogen (secondary N) is 1. The van der Waals surface area contributed by atoms with Crippen LogP contribution < -0.4 is 5.32 Å². The first kappa shape index (κ1) is 14.3. The van der Waals surface area contributed by atoms with Gasteiger partial charge in [-0.05, 0) is 46.2 Å². The van der Waals surface area contributed by atoms with E-state index in [1.54, 1.807) is 0 Å². The molecular formula is C16H29N3O. The molecule has 1 atom stereocenters. The van der Waals surface area contributed by atoms with Crippen LogP contribution in [-0.4, -0.2) is 53.6 Å². The second-order valence-corrected chi connectivity index (χ2v) is 7.29. The number of hydrogen-bond donors (Lipinski definition) is 1. The van der Waals surface area contributed by atoms with Gasteiger partial charge in [-0.25, -0.2) is 0 Å². The molecule has 0 radical (unpaired) electrons. The summed E-state index contributed by atoms with van der Waals surface area (Å²) in [5, 5.41) is 3.63. The molecule has 0 aromatic rings. The molecule has 1 amide bonds. The first-order chi connectivity index (χ1) is 9.53. The quantitative estimate of drug-likeness (QED) is 0.835. The van der Waals surface area contributed by atoms with Crippen molar-refractivity contribution in [2.45, 2.75) is 75.5 Å². The van der Waals surface area contributed by atoms with Crippen molar-refractivity contribution < 1.29 is 4.79 Å². The van der Waals surface area contributed by atoms with E-state index in [-0.39, 0.29) is 17.2 Å². The van der Waals surface area contributed by atoms with Crippen LogP contribution >= 0.6 is 0 Å². The molecule has 114 valence electrons. The Morgan fingerprint density at radius 2 is 1.90 bits per heavy atom. The Kier molecular flexibility index (Phi) is 3.57. The van der Waals surface area contributed by atoms with Gasteiger partial charge >= 0.3 is 0 Å². The minimum atomic E-state index is -0.161. The number of carbonyl (C=O) groups is 1. The number of rotatable bonds is 5. The molecule has 1 heterocycles. The number of carbonyl (C=O) groups excluding carboxylic acids is 1. The monoisotopic (exact) mass is 279 g/mol. The Labute approximate surface area is 122 Å². The maximum Gasteiger partial charge on any atom is 0.244 e. The van der Waals surface area contributed by atoms with Crippen LogP contribution in [0.2, 0.25) is 0 Å². The van der Waals surface area contributed by atoms with Gasteiger partial charge in [0.25, 0.3) is 0 Å². The van der Waals surface area contributed by atoms with Crippen molar-refractivity contribution in [3.8, 4) is 0 Å². The fraction of sp³-hybridized carbons (Fsp3) is 0.938. The molecular weight excluding hydrogens is 250 g/mol. The predicted octanol–water partition coefficient (Wildman–Crippen LogP) is 1.95. The second-order valence-electron chi connectivity index (χ2n) is 7.29. The lowest BCUT2D eigenvalue weighted by Crippen LogP contribution is -2.54. The van der Waals surface area contributed by atoms with E-state index in [0.29, 0.717) is 5.91 Å². The lowest BCUT2D eigenvalue weighted by atomic mass is 9.94. The molecule has 3 aliphatic rings. The molecule has 0 bridgehead atoms. The molecule has 4 heteroatoms. The first-order valence-corrected chi connectivity index (χ1v) is 8.29. The molecule has 0 aromatic carbocycles. The summed E-state index contributed by atoms with van der Waals surface area (Å²) in [7, 11) is 4.36. The van der Waals surface area contributed by atoms with Gasteiger partial charge in [-0.1, -0.05) is 26.2 Å². The number of likely N-dealkylation sites (N-methyl/N-ethyl adjacent to an activating group) is 1. The fourth-order valence-electron chi connectivity index (χ4n) is 4.14. The molecule has 2 saturated carbocycles. The van der Waals surface area contributed by atoms with Crippen LogP contribution in [0.3, 0.4) is 0 Å². The van der Waals surface area contributed by atoms with Crippen LogP contribution in [0, 0.1) is 0 Å². The van der Waals surface area contributed by atoms with E-state index in [1.807, 2.05) is 0 Å². The Morgan fingerprint density at radius 3 is 2.40 bits per heavy atom. The molecule has 2 aliphatic carbocycles. The molecule has 20 heavy (non-hydrogen) atoms. The summed E-state index contributed by atoms with van der Waals surface area (Å²) in [5.41, 5.74) is 0.0513. The normalized spacial score (nSPS) is 30.7. The van der Waals surface area contributed by atoms with E-state index in [0.717, 1.165) is 32.2 Å². The van der Waals surface area contributed by atoms with Crippen molar-refractivity contribution in [3.63, 3.8) is 0 Å². The Morgan fingerprint density at radius 1 is 1.25 bits per heavy atom. The highest BCUT2D eigenvalue weighted by Gasteiger charge is 2.59. The van der Waals surface area contributed by atoms with E-state index < -0.39 is 0 Å². The fourth-order valence-corrected chi connectivity index (χ4v) is 4.14. The van der Waals surface area contributed by atoms with Crippen molar-refractivity contribution in [2.75, 3.05) is 20.6 Å². The van der Waals surface area contributed by atoms with Crippen LogP contribution in [0.25, 0.3) is 0 Å². The summed E-state index contributed by atoms with van der Waals surface area (Å²) in [5.74, 6) is 0.379. The summed E-state index contributed by atoms with van der Waals surface area (Å²) < 4.78 is 0. The van der Waals surface area contributed by atoms with E-state index in [9.17, 15) is 4.79 Å². The smallest absolute Gasteiger partial charge is 0.244 e. The van der Waals surface area contributed by atoms with Gasteiger partial charge < -0.3 is 9.80 Å². The maximum absolute atomic E-state index is 12.8. The standard InChI is InChI=1S/C16H29N3O/c1-4-7-13-17-16(10-11-16)14(20)19(13)12-15(18(2)3)8-5-6-9-15/h13,17H,4-12H2,1-3H3. The van der Waals surface area contributed by atoms with Gasteiger partial charge in [0.1, 0.15) is 0 Å². The lowest BCUT2D eigenvalue weighted by Gasteiger charge is -2.41. The highest BCUT2D eigenvalue weighted by molar-refractivity contribution is 5.91. The Balaban J connectivity index is 1.78. The van der Waals surface area contributed by atoms with Gasteiger partial charge in [-0.2, -0.15) is 0 Å². The SMILES string of the molecule is CCCC1NC2(CC2)C(=O)N1CC1(N(C)C)CCCC1. The third-order valence-corrected chi connectivity index (χ3v) is 5.75.